The molecule has 1 rings (SSSR count). The first-order valence-electron chi connectivity index (χ1n) is 4.38. The van der Waals surface area contributed by atoms with Gasteiger partial charge in [-0.1, -0.05) is 13.3 Å². The maximum Gasteiger partial charge on any atom is 0.123 e. The molecule has 1 aliphatic rings. The number of piperazine rings is 1. The molecule has 2 atom stereocenters. The predicted molar refractivity (Wildman–Crippen MR) is 45.5 cm³/mol. The maximum atomic E-state index is 5.28. The largest absolute Gasteiger partial charge is 0.365 e. The van der Waals surface area contributed by atoms with E-state index in [0.29, 0.717) is 6.04 Å². The van der Waals surface area contributed by atoms with Crippen molar-refractivity contribution in [1.82, 2.24) is 10.6 Å². The van der Waals surface area contributed by atoms with Crippen molar-refractivity contribution in [2.24, 2.45) is 0 Å². The lowest BCUT2D eigenvalue weighted by atomic mass is 10.1. The summed E-state index contributed by atoms with van der Waals surface area (Å²) in [7, 11) is 1.76. The Morgan fingerprint density at radius 1 is 1.36 bits per heavy atom. The van der Waals surface area contributed by atoms with E-state index < -0.39 is 0 Å². The minimum absolute atomic E-state index is 0.212. The molecule has 0 aliphatic carbocycles. The summed E-state index contributed by atoms with van der Waals surface area (Å²) in [4.78, 5) is 0. The molecule has 0 saturated carbocycles. The highest BCUT2D eigenvalue weighted by atomic mass is 16.5. The van der Waals surface area contributed by atoms with E-state index >= 15 is 0 Å². The van der Waals surface area contributed by atoms with Gasteiger partial charge >= 0.3 is 0 Å². The fourth-order valence-electron chi connectivity index (χ4n) is 1.53. The van der Waals surface area contributed by atoms with Crippen LogP contribution in [0, 0.1) is 0 Å². The number of rotatable bonds is 3. The van der Waals surface area contributed by atoms with E-state index in [1.165, 1.54) is 12.8 Å². The van der Waals surface area contributed by atoms with Gasteiger partial charge in [-0.15, -0.1) is 0 Å². The summed E-state index contributed by atoms with van der Waals surface area (Å²) in [5.41, 5.74) is 0. The van der Waals surface area contributed by atoms with Gasteiger partial charge in [0.15, 0.2) is 0 Å². The fraction of sp³-hybridized carbons (Fsp3) is 1.00. The summed E-state index contributed by atoms with van der Waals surface area (Å²) < 4.78 is 5.28. The van der Waals surface area contributed by atoms with E-state index in [-0.39, 0.29) is 6.23 Å². The standard InChI is InChI=1S/C8H18N2O/c1-3-4-7-8(11-2)10-6-5-9-7/h7-10H,3-6H2,1-2H3/t7-,8+/m1/s1. The van der Waals surface area contributed by atoms with Crippen LogP contribution in [0.5, 0.6) is 0 Å². The highest BCUT2D eigenvalue weighted by molar-refractivity contribution is 4.79. The van der Waals surface area contributed by atoms with Crippen LogP contribution in [-0.4, -0.2) is 32.5 Å². The monoisotopic (exact) mass is 158 g/mol. The number of hydrogen-bond donors (Lipinski definition) is 2. The molecule has 0 aromatic carbocycles. The van der Waals surface area contributed by atoms with Crippen LogP contribution in [-0.2, 0) is 4.74 Å². The van der Waals surface area contributed by atoms with Gasteiger partial charge in [0, 0.05) is 26.2 Å². The molecule has 2 N–H and O–H groups in total. The number of hydrogen-bond acceptors (Lipinski definition) is 3. The second kappa shape index (κ2) is 4.70. The van der Waals surface area contributed by atoms with Gasteiger partial charge in [0.05, 0.1) is 0 Å². The Labute approximate surface area is 68.5 Å². The normalized spacial score (nSPS) is 32.2. The fourth-order valence-corrected chi connectivity index (χ4v) is 1.53. The van der Waals surface area contributed by atoms with Crippen molar-refractivity contribution >= 4 is 0 Å². The molecule has 0 aromatic heterocycles. The molecule has 11 heavy (non-hydrogen) atoms. The topological polar surface area (TPSA) is 33.3 Å². The summed E-state index contributed by atoms with van der Waals surface area (Å²) in [5.74, 6) is 0. The van der Waals surface area contributed by atoms with E-state index in [2.05, 4.69) is 17.6 Å². The zero-order chi connectivity index (χ0) is 8.10. The maximum absolute atomic E-state index is 5.28. The van der Waals surface area contributed by atoms with Crippen LogP contribution in [0.3, 0.4) is 0 Å². The van der Waals surface area contributed by atoms with Crippen molar-refractivity contribution < 1.29 is 4.74 Å². The van der Waals surface area contributed by atoms with Gasteiger partial charge in [-0.05, 0) is 6.42 Å². The number of ether oxygens (including phenoxy) is 1. The lowest BCUT2D eigenvalue weighted by molar-refractivity contribution is 0.0250. The van der Waals surface area contributed by atoms with Crippen LogP contribution < -0.4 is 10.6 Å². The molecule has 1 fully saturated rings. The minimum Gasteiger partial charge on any atom is -0.365 e. The molecule has 0 amide bonds. The van der Waals surface area contributed by atoms with Gasteiger partial charge in [-0.2, -0.15) is 0 Å². The van der Waals surface area contributed by atoms with Gasteiger partial charge < -0.3 is 10.1 Å². The van der Waals surface area contributed by atoms with Gasteiger partial charge in [-0.3, -0.25) is 5.32 Å². The molecule has 66 valence electrons. The Morgan fingerprint density at radius 3 is 2.73 bits per heavy atom. The molecule has 0 aromatic rings. The van der Waals surface area contributed by atoms with Crippen LogP contribution in [0.15, 0.2) is 0 Å². The highest BCUT2D eigenvalue weighted by Gasteiger charge is 2.22. The summed E-state index contributed by atoms with van der Waals surface area (Å²) in [6, 6.07) is 0.499. The second-order valence-corrected chi connectivity index (χ2v) is 2.96. The van der Waals surface area contributed by atoms with E-state index in [9.17, 15) is 0 Å². The zero-order valence-corrected chi connectivity index (χ0v) is 7.39. The average Bonchev–Trinajstić information content (AvgIpc) is 2.06. The van der Waals surface area contributed by atoms with Gasteiger partial charge in [0.1, 0.15) is 6.23 Å². The van der Waals surface area contributed by atoms with Crippen LogP contribution in [0.25, 0.3) is 0 Å². The van der Waals surface area contributed by atoms with Crippen molar-refractivity contribution in [3.05, 3.63) is 0 Å². The van der Waals surface area contributed by atoms with Gasteiger partial charge in [-0.25, -0.2) is 0 Å². The zero-order valence-electron chi connectivity index (χ0n) is 7.39. The first kappa shape index (κ1) is 8.97. The molecular formula is C8H18N2O. The lowest BCUT2D eigenvalue weighted by Crippen LogP contribution is -2.56. The summed E-state index contributed by atoms with van der Waals surface area (Å²) in [5, 5.41) is 6.75. The summed E-state index contributed by atoms with van der Waals surface area (Å²) >= 11 is 0. The van der Waals surface area contributed by atoms with Crippen LogP contribution in [0.1, 0.15) is 19.8 Å². The molecular weight excluding hydrogens is 140 g/mol. The molecule has 3 nitrogen and oxygen atoms in total. The Kier molecular flexibility index (Phi) is 3.83. The average molecular weight is 158 g/mol. The van der Waals surface area contributed by atoms with E-state index in [4.69, 9.17) is 4.74 Å². The Balaban J connectivity index is 2.31. The van der Waals surface area contributed by atoms with Crippen LogP contribution in [0.4, 0.5) is 0 Å². The van der Waals surface area contributed by atoms with Crippen molar-refractivity contribution in [2.45, 2.75) is 32.0 Å². The number of nitrogens with one attached hydrogen (secondary N) is 2. The van der Waals surface area contributed by atoms with Crippen LogP contribution in [0.2, 0.25) is 0 Å². The van der Waals surface area contributed by atoms with E-state index in [1.54, 1.807) is 7.11 Å². The third-order valence-corrected chi connectivity index (χ3v) is 2.10. The Bertz CT molecular complexity index is 106. The van der Waals surface area contributed by atoms with E-state index in [0.717, 1.165) is 13.1 Å². The summed E-state index contributed by atoms with van der Waals surface area (Å²) in [6.07, 6.45) is 2.61. The minimum atomic E-state index is 0.212. The van der Waals surface area contributed by atoms with Crippen molar-refractivity contribution in [3.63, 3.8) is 0 Å². The lowest BCUT2D eigenvalue weighted by Gasteiger charge is -2.32. The first-order valence-corrected chi connectivity index (χ1v) is 4.38. The number of methoxy groups -OCH3 is 1. The third kappa shape index (κ3) is 2.43. The molecule has 0 bridgehead atoms. The summed E-state index contributed by atoms with van der Waals surface area (Å²) in [6.45, 7) is 4.27. The Morgan fingerprint density at radius 2 is 2.09 bits per heavy atom. The van der Waals surface area contributed by atoms with Crippen molar-refractivity contribution in [2.75, 3.05) is 20.2 Å². The van der Waals surface area contributed by atoms with Gasteiger partial charge in [0.2, 0.25) is 0 Å². The molecule has 1 aliphatic heterocycles. The highest BCUT2D eigenvalue weighted by Crippen LogP contribution is 2.05. The first-order chi connectivity index (χ1) is 5.38. The van der Waals surface area contributed by atoms with Gasteiger partial charge in [0.25, 0.3) is 0 Å². The molecule has 1 heterocycles. The smallest absolute Gasteiger partial charge is 0.123 e. The molecule has 3 heteroatoms. The molecule has 0 radical (unpaired) electrons. The SMILES string of the molecule is CCC[C@H]1NCCN[C@H]1OC. The van der Waals surface area contributed by atoms with E-state index in [1.807, 2.05) is 0 Å². The molecule has 0 spiro atoms. The second-order valence-electron chi connectivity index (χ2n) is 2.96. The molecule has 0 unspecified atom stereocenters. The quantitative estimate of drug-likeness (QED) is 0.620. The Hall–Kier alpha value is -0.120. The van der Waals surface area contributed by atoms with Crippen molar-refractivity contribution in [3.8, 4) is 0 Å². The van der Waals surface area contributed by atoms with Crippen molar-refractivity contribution in [1.29, 1.82) is 0 Å². The molecule has 1 saturated heterocycles. The predicted octanol–water partition coefficient (Wildman–Crippen LogP) is 0.320. The van der Waals surface area contributed by atoms with Crippen LogP contribution >= 0.6 is 0 Å². The third-order valence-electron chi connectivity index (χ3n) is 2.10.